The molecule has 1 rings (SSSR count). The summed E-state index contributed by atoms with van der Waals surface area (Å²) in [4.78, 5) is 0. The third-order valence-electron chi connectivity index (χ3n) is 11.8. The maximum absolute atomic E-state index is 2.78. The van der Waals surface area contributed by atoms with Crippen LogP contribution in [0, 0.1) is 0 Å². The Morgan fingerprint density at radius 1 is 0.364 bits per heavy atom. The molecule has 0 aromatic carbocycles. The molecule has 0 unspecified atom stereocenters. The fraction of sp³-hybridized carbons (Fsp3) is 1.00. The van der Waals surface area contributed by atoms with E-state index < -0.39 is 15.2 Å². The molecular weight excluding hydrogens is 706 g/mol. The van der Waals surface area contributed by atoms with Crippen LogP contribution < -0.4 is 0 Å². The van der Waals surface area contributed by atoms with Gasteiger partial charge < -0.3 is 0 Å². The second-order valence-electron chi connectivity index (χ2n) is 22.3. The minimum Gasteiger partial charge on any atom is -0.220 e. The number of rotatable bonds is 2. The summed E-state index contributed by atoms with van der Waals surface area (Å²) in [6.07, 6.45) is 0. The van der Waals surface area contributed by atoms with Gasteiger partial charge in [-0.05, 0) is 40.3 Å². The van der Waals surface area contributed by atoms with Gasteiger partial charge in [0, 0.05) is 17.6 Å². The van der Waals surface area contributed by atoms with Gasteiger partial charge in [0.2, 0.25) is 0 Å². The van der Waals surface area contributed by atoms with E-state index in [2.05, 4.69) is 203 Å². The van der Waals surface area contributed by atoms with Gasteiger partial charge in [0.15, 0.2) is 0 Å². The quantitative estimate of drug-likeness (QED) is 0.198. The molecule has 1 heterocycles. The average Bonchev–Trinajstić information content (AvgIpc) is 3.47. The minimum absolute atomic E-state index is 0. The molecular formula is C36H84GeSSi6. The van der Waals surface area contributed by atoms with Crippen molar-refractivity contribution in [1.82, 2.24) is 0 Å². The molecule has 0 spiro atoms. The Kier molecular flexibility index (Phi) is 17.9. The van der Waals surface area contributed by atoms with Crippen LogP contribution in [0.15, 0.2) is 0 Å². The van der Waals surface area contributed by atoms with Crippen LogP contribution in [0.4, 0.5) is 0 Å². The monoisotopic (exact) mass is 790 g/mol. The third-order valence-corrected chi connectivity index (χ3v) is 89.4. The Hall–Kier alpha value is 2.19. The molecule has 0 saturated carbocycles. The van der Waals surface area contributed by atoms with Crippen LogP contribution in [0.5, 0.6) is 0 Å². The molecule has 0 atom stereocenters. The summed E-state index contributed by atoms with van der Waals surface area (Å²) >= 11 is 0. The van der Waals surface area contributed by atoms with Crippen molar-refractivity contribution in [3.05, 3.63) is 0 Å². The molecule has 0 N–H and O–H groups in total. The number of hydrogen-bond donors (Lipinski definition) is 0. The summed E-state index contributed by atoms with van der Waals surface area (Å²) in [5.41, 5.74) is 0. The fourth-order valence-corrected chi connectivity index (χ4v) is 122. The average molecular weight is 790 g/mol. The van der Waals surface area contributed by atoms with Crippen LogP contribution in [0.25, 0.3) is 0 Å². The number of hydrogen-bond acceptors (Lipinski definition) is 1. The van der Waals surface area contributed by atoms with E-state index in [0.29, 0.717) is 40.3 Å². The molecule has 1 saturated heterocycles. The molecule has 262 valence electrons. The fourth-order valence-electron chi connectivity index (χ4n) is 6.60. The first-order valence-electron chi connectivity index (χ1n) is 17.2. The maximum Gasteiger partial charge on any atom is 0.103 e. The third kappa shape index (κ3) is 12.8. The zero-order valence-corrected chi connectivity index (χ0v) is 44.8. The Balaban J connectivity index is -0.000000666. The first-order valence-corrected chi connectivity index (χ1v) is 34.4. The van der Waals surface area contributed by atoms with Gasteiger partial charge in [0.25, 0.3) is 0 Å². The second kappa shape index (κ2) is 15.6. The zero-order valence-electron chi connectivity index (χ0n) is 35.9. The molecule has 0 aromatic rings. The standard InChI is InChI=1S/C18H42SSi4.2C9H21Si.Ge/c1-15(2,3)22(13,16(4,5)6)20-19-21(20)23(14,17(7,8)9)18(10,11)12;2*1-8(2,3)10(7)9(4,5)6;/h1-14H3;2*1-7H3;. The molecule has 44 heavy (non-hydrogen) atoms. The van der Waals surface area contributed by atoms with Gasteiger partial charge in [0.05, 0.1) is 32.8 Å². The molecule has 8 heteroatoms. The van der Waals surface area contributed by atoms with Crippen molar-refractivity contribution in [2.45, 2.75) is 233 Å². The Labute approximate surface area is 305 Å². The van der Waals surface area contributed by atoms with E-state index in [4.69, 9.17) is 0 Å². The van der Waals surface area contributed by atoms with Crippen LogP contribution in [-0.4, -0.2) is 64.3 Å². The Morgan fingerprint density at radius 3 is 0.568 bits per heavy atom. The molecule has 0 aromatic heterocycles. The van der Waals surface area contributed by atoms with Crippen LogP contribution in [0.1, 0.15) is 166 Å². The molecule has 0 aliphatic carbocycles. The Bertz CT molecular complexity index is 734. The molecule has 0 bridgehead atoms. The largest absolute Gasteiger partial charge is 0.220 e. The van der Waals surface area contributed by atoms with Crippen molar-refractivity contribution < 1.29 is 0 Å². The van der Waals surface area contributed by atoms with E-state index in [9.17, 15) is 0 Å². The summed E-state index contributed by atoms with van der Waals surface area (Å²) in [5, 5.41) is 4.31. The smallest absolute Gasteiger partial charge is 0.103 e. The summed E-state index contributed by atoms with van der Waals surface area (Å²) in [7, 11) is -0.465. The van der Waals surface area contributed by atoms with E-state index in [1.807, 2.05) is 0 Å². The van der Waals surface area contributed by atoms with Gasteiger partial charge in [0.1, 0.15) is 14.0 Å². The summed E-state index contributed by atoms with van der Waals surface area (Å²) in [6.45, 7) is 69.1. The van der Waals surface area contributed by atoms with Gasteiger partial charge in [-0.1, -0.05) is 192 Å². The van der Waals surface area contributed by atoms with Crippen molar-refractivity contribution in [1.29, 1.82) is 0 Å². The minimum atomic E-state index is -1.30. The molecule has 1 fully saturated rings. The van der Waals surface area contributed by atoms with Gasteiger partial charge >= 0.3 is 0 Å². The van der Waals surface area contributed by atoms with Crippen molar-refractivity contribution in [2.75, 3.05) is 0 Å². The topological polar surface area (TPSA) is 0 Å². The van der Waals surface area contributed by atoms with Crippen LogP contribution in [-0.2, 0) is 0 Å². The van der Waals surface area contributed by atoms with Gasteiger partial charge in [-0.3, -0.25) is 0 Å². The SMILES string of the molecule is CC(C)(C)[Si](C)([Si]1S[Si]1[Si](C)(C(C)(C)C)C(C)(C)C)C(C)(C)C.C[Si](C(C)(C)C)C(C)(C)C.C[Si](C(C)(C)C)C(C)(C)C.[Ge]. The van der Waals surface area contributed by atoms with Crippen LogP contribution in [0.2, 0.25) is 66.5 Å². The zero-order chi connectivity index (χ0) is 36.0. The van der Waals surface area contributed by atoms with E-state index in [0.717, 1.165) is 0 Å². The first kappa shape index (κ1) is 50.6. The normalized spacial score (nSPS) is 17.0. The molecule has 0 nitrogen and oxygen atoms in total. The van der Waals surface area contributed by atoms with E-state index in [-0.39, 0.29) is 49.2 Å². The van der Waals surface area contributed by atoms with Crippen molar-refractivity contribution in [3.8, 4) is 0 Å². The van der Waals surface area contributed by atoms with E-state index in [1.54, 1.807) is 0 Å². The summed E-state index contributed by atoms with van der Waals surface area (Å²) < 4.78 is 0. The summed E-state index contributed by atoms with van der Waals surface area (Å²) in [5.74, 6) is 0. The predicted octanol–water partition coefficient (Wildman–Crippen LogP) is 14.4. The van der Waals surface area contributed by atoms with E-state index >= 15 is 0 Å². The van der Waals surface area contributed by atoms with Crippen molar-refractivity contribution in [2.24, 2.45) is 0 Å². The second-order valence-corrected chi connectivity index (χ2v) is 67.0. The van der Waals surface area contributed by atoms with Gasteiger partial charge in [-0.15, -0.1) is 0 Å². The maximum atomic E-state index is 2.78. The molecule has 1 aliphatic heterocycles. The van der Waals surface area contributed by atoms with Gasteiger partial charge in [-0.2, -0.15) is 0 Å². The summed E-state index contributed by atoms with van der Waals surface area (Å²) in [6, 6.07) is 0. The van der Waals surface area contributed by atoms with Gasteiger partial charge in [-0.25, -0.2) is 10.7 Å². The van der Waals surface area contributed by atoms with Crippen molar-refractivity contribution >= 4 is 75.0 Å². The molecule has 8 radical (unpaired) electrons. The first-order chi connectivity index (χ1) is 18.0. The van der Waals surface area contributed by atoms with E-state index in [1.165, 1.54) is 0 Å². The predicted molar refractivity (Wildman–Crippen MR) is 229 cm³/mol. The van der Waals surface area contributed by atoms with Crippen LogP contribution >= 0.6 is 10.7 Å². The molecule has 0 amide bonds. The van der Waals surface area contributed by atoms with Crippen LogP contribution in [0.3, 0.4) is 0 Å². The molecule has 1 aliphatic rings. The Morgan fingerprint density at radius 2 is 0.500 bits per heavy atom. The van der Waals surface area contributed by atoms with Crippen molar-refractivity contribution in [3.63, 3.8) is 0 Å².